The third-order valence-corrected chi connectivity index (χ3v) is 4.53. The van der Waals surface area contributed by atoms with Crippen LogP contribution in [0.25, 0.3) is 10.8 Å². The maximum absolute atomic E-state index is 12.3. The summed E-state index contributed by atoms with van der Waals surface area (Å²) in [4.78, 5) is 16.6. The van der Waals surface area contributed by atoms with Crippen LogP contribution in [0.4, 0.5) is 18.9 Å². The van der Waals surface area contributed by atoms with Gasteiger partial charge in [-0.15, -0.1) is 11.3 Å². The fraction of sp³-hybridized carbons (Fsp3) is 0.211. The van der Waals surface area contributed by atoms with Crippen LogP contribution in [-0.4, -0.2) is 23.7 Å². The highest BCUT2D eigenvalue weighted by Crippen LogP contribution is 2.27. The summed E-state index contributed by atoms with van der Waals surface area (Å²) in [5.74, 6) is 0.781. The maximum atomic E-state index is 12.3. The lowest BCUT2D eigenvalue weighted by molar-refractivity contribution is -0.153. The zero-order valence-electron chi connectivity index (χ0n) is 15.0. The van der Waals surface area contributed by atoms with Crippen molar-refractivity contribution in [1.29, 1.82) is 5.26 Å². The summed E-state index contributed by atoms with van der Waals surface area (Å²) >= 11 is 1.34. The van der Waals surface area contributed by atoms with Gasteiger partial charge in [-0.3, -0.25) is 4.79 Å². The van der Waals surface area contributed by atoms with Gasteiger partial charge in [0.2, 0.25) is 5.91 Å². The molecule has 2 heterocycles. The third-order valence-electron chi connectivity index (χ3n) is 3.62. The molecule has 0 radical (unpaired) electrons. The van der Waals surface area contributed by atoms with Gasteiger partial charge in [0.15, 0.2) is 17.4 Å². The Morgan fingerprint density at radius 2 is 2.14 bits per heavy atom. The fourth-order valence-electron chi connectivity index (χ4n) is 2.40. The molecule has 2 aromatic heterocycles. The number of ether oxygens (including phenoxy) is 1. The van der Waals surface area contributed by atoms with Gasteiger partial charge >= 0.3 is 6.18 Å². The first-order valence-corrected chi connectivity index (χ1v) is 9.16. The lowest BCUT2D eigenvalue weighted by atomic mass is 10.2. The van der Waals surface area contributed by atoms with E-state index in [2.05, 4.69) is 15.0 Å². The second kappa shape index (κ2) is 8.36. The Hall–Kier alpha value is -3.32. The van der Waals surface area contributed by atoms with Gasteiger partial charge in [0.05, 0.1) is 17.7 Å². The smallest absolute Gasteiger partial charge is 0.422 e. The first-order valence-electron chi connectivity index (χ1n) is 8.28. The lowest BCUT2D eigenvalue weighted by Crippen LogP contribution is -2.19. The minimum Gasteiger partial charge on any atom is -0.483 e. The Bertz CT molecular complexity index is 1070. The van der Waals surface area contributed by atoms with Crippen LogP contribution in [0.2, 0.25) is 0 Å². The number of hydrogen-bond donors (Lipinski definition) is 1. The fourth-order valence-corrected chi connectivity index (χ4v) is 3.18. The molecule has 0 aliphatic heterocycles. The molecule has 0 unspecified atom stereocenters. The van der Waals surface area contributed by atoms with Crippen molar-refractivity contribution in [2.75, 3.05) is 11.9 Å². The molecule has 0 spiro atoms. The summed E-state index contributed by atoms with van der Waals surface area (Å²) in [5.41, 5.74) is 0.696. The van der Waals surface area contributed by atoms with Crippen molar-refractivity contribution in [3.8, 4) is 22.6 Å². The normalized spacial score (nSPS) is 11.1. The highest BCUT2D eigenvalue weighted by Gasteiger charge is 2.28. The van der Waals surface area contributed by atoms with Crippen molar-refractivity contribution < 1.29 is 27.1 Å². The first kappa shape index (κ1) is 20.4. The molecule has 0 saturated carbocycles. The molecule has 6 nitrogen and oxygen atoms in total. The van der Waals surface area contributed by atoms with E-state index in [1.54, 1.807) is 17.5 Å². The van der Waals surface area contributed by atoms with Crippen LogP contribution < -0.4 is 10.1 Å². The van der Waals surface area contributed by atoms with Crippen LogP contribution in [0.1, 0.15) is 17.0 Å². The van der Waals surface area contributed by atoms with Crippen LogP contribution in [0.3, 0.4) is 0 Å². The lowest BCUT2D eigenvalue weighted by Gasteiger charge is -2.11. The van der Waals surface area contributed by atoms with Crippen LogP contribution in [-0.2, 0) is 11.2 Å². The van der Waals surface area contributed by atoms with Gasteiger partial charge in [-0.05, 0) is 37.3 Å². The zero-order chi connectivity index (χ0) is 21.0. The van der Waals surface area contributed by atoms with Crippen molar-refractivity contribution in [2.24, 2.45) is 0 Å². The number of carbonyl (C=O) groups is 1. The number of thiazole rings is 1. The molecule has 0 saturated heterocycles. The number of aryl methyl sites for hydroxylation is 1. The maximum Gasteiger partial charge on any atom is 0.422 e. The highest BCUT2D eigenvalue weighted by molar-refractivity contribution is 7.13. The van der Waals surface area contributed by atoms with Gasteiger partial charge in [-0.2, -0.15) is 18.4 Å². The van der Waals surface area contributed by atoms with Crippen LogP contribution >= 0.6 is 11.3 Å². The number of anilines is 1. The van der Waals surface area contributed by atoms with Crippen molar-refractivity contribution in [1.82, 2.24) is 4.98 Å². The zero-order valence-corrected chi connectivity index (χ0v) is 15.9. The molecule has 3 aromatic rings. The number of amides is 1. The number of rotatable bonds is 6. The van der Waals surface area contributed by atoms with E-state index in [9.17, 15) is 18.0 Å². The quantitative estimate of drug-likeness (QED) is 0.623. The van der Waals surface area contributed by atoms with Gasteiger partial charge < -0.3 is 14.5 Å². The van der Waals surface area contributed by atoms with Gasteiger partial charge in [0, 0.05) is 11.1 Å². The number of nitriles is 1. The molecule has 0 atom stereocenters. The Balaban J connectivity index is 1.63. The number of carbonyl (C=O) groups excluding carboxylic acids is 1. The second-order valence-electron chi connectivity index (χ2n) is 6.01. The van der Waals surface area contributed by atoms with Crippen molar-refractivity contribution in [2.45, 2.75) is 19.5 Å². The molecule has 0 aliphatic carbocycles. The van der Waals surface area contributed by atoms with Crippen molar-refractivity contribution >= 4 is 22.9 Å². The Kier molecular flexibility index (Phi) is 5.89. The number of halogens is 3. The molecule has 1 N–H and O–H groups in total. The van der Waals surface area contributed by atoms with Crippen LogP contribution in [0, 0.1) is 18.3 Å². The number of furan rings is 1. The topological polar surface area (TPSA) is 88.1 Å². The monoisotopic (exact) mass is 421 g/mol. The van der Waals surface area contributed by atoms with E-state index in [0.29, 0.717) is 16.5 Å². The SMILES string of the molecule is Cc1ccc(-c2nc(CC(=O)Nc3ccc(OCC(F)(F)F)c(C#N)c3)cs2)o1. The van der Waals surface area contributed by atoms with Gasteiger partial charge in [-0.1, -0.05) is 0 Å². The summed E-state index contributed by atoms with van der Waals surface area (Å²) < 4.78 is 46.9. The molecule has 10 heteroatoms. The molecule has 3 rings (SSSR count). The largest absolute Gasteiger partial charge is 0.483 e. The molecule has 0 aliphatic rings. The van der Waals surface area contributed by atoms with Gasteiger partial charge in [0.1, 0.15) is 17.6 Å². The standard InChI is InChI=1S/C19H14F3N3O3S/c1-11-2-4-16(28-11)18-25-14(9-29-18)7-17(26)24-13-3-5-15(12(6-13)8-23)27-10-19(20,21)22/h2-6,9H,7,10H2,1H3,(H,24,26). The molecular formula is C19H14F3N3O3S. The van der Waals surface area contributed by atoms with Crippen molar-refractivity contribution in [3.63, 3.8) is 0 Å². The number of benzene rings is 1. The summed E-state index contributed by atoms with van der Waals surface area (Å²) in [6.07, 6.45) is -4.52. The number of aromatic nitrogens is 1. The Morgan fingerprint density at radius 3 is 2.79 bits per heavy atom. The number of nitrogens with one attached hydrogen (secondary N) is 1. The van der Waals surface area contributed by atoms with E-state index in [1.807, 2.05) is 13.0 Å². The van der Waals surface area contributed by atoms with Crippen molar-refractivity contribution in [3.05, 3.63) is 52.7 Å². The number of alkyl halides is 3. The summed E-state index contributed by atoms with van der Waals surface area (Å²) in [6.45, 7) is 0.315. The first-order chi connectivity index (χ1) is 13.7. The predicted molar refractivity (Wildman–Crippen MR) is 99.6 cm³/mol. The summed E-state index contributed by atoms with van der Waals surface area (Å²) in [6, 6.07) is 9.19. The van der Waals surface area contributed by atoms with Crippen LogP contribution in [0.5, 0.6) is 5.75 Å². The van der Waals surface area contributed by atoms with E-state index < -0.39 is 12.8 Å². The van der Waals surface area contributed by atoms with E-state index in [4.69, 9.17) is 9.68 Å². The average molecular weight is 421 g/mol. The summed E-state index contributed by atoms with van der Waals surface area (Å²) in [7, 11) is 0. The average Bonchev–Trinajstić information content (AvgIpc) is 3.28. The van der Waals surface area contributed by atoms with Gasteiger partial charge in [0.25, 0.3) is 0 Å². The number of hydrogen-bond acceptors (Lipinski definition) is 6. The van der Waals surface area contributed by atoms with E-state index in [-0.39, 0.29) is 29.3 Å². The van der Waals surface area contributed by atoms with E-state index >= 15 is 0 Å². The number of nitrogens with zero attached hydrogens (tertiary/aromatic N) is 2. The minimum atomic E-state index is -4.51. The summed E-state index contributed by atoms with van der Waals surface area (Å²) in [5, 5.41) is 14.1. The predicted octanol–water partition coefficient (Wildman–Crippen LogP) is 4.71. The molecule has 29 heavy (non-hydrogen) atoms. The Morgan fingerprint density at radius 1 is 1.34 bits per heavy atom. The minimum absolute atomic E-state index is 0.00952. The molecule has 1 aromatic carbocycles. The molecular weight excluding hydrogens is 407 g/mol. The Labute approximate surface area is 167 Å². The van der Waals surface area contributed by atoms with Crippen LogP contribution in [0.15, 0.2) is 40.1 Å². The highest BCUT2D eigenvalue weighted by atomic mass is 32.1. The third kappa shape index (κ3) is 5.58. The van der Waals surface area contributed by atoms with E-state index in [0.717, 1.165) is 5.76 Å². The molecule has 0 bridgehead atoms. The second-order valence-corrected chi connectivity index (χ2v) is 6.86. The van der Waals surface area contributed by atoms with E-state index in [1.165, 1.54) is 29.5 Å². The van der Waals surface area contributed by atoms with Gasteiger partial charge in [-0.25, -0.2) is 4.98 Å². The molecule has 0 fully saturated rings. The molecule has 150 valence electrons. The molecule has 1 amide bonds.